The number of aromatic nitrogens is 2. The average molecular weight is 417 g/mol. The van der Waals surface area contributed by atoms with Gasteiger partial charge in [0.2, 0.25) is 0 Å². The van der Waals surface area contributed by atoms with E-state index in [0.29, 0.717) is 16.2 Å². The van der Waals surface area contributed by atoms with Crippen molar-refractivity contribution in [1.29, 1.82) is 0 Å². The van der Waals surface area contributed by atoms with Crippen molar-refractivity contribution in [2.45, 2.75) is 43.7 Å². The molecule has 1 N–H and O–H groups in total. The smallest absolute Gasteiger partial charge is 0.251 e. The van der Waals surface area contributed by atoms with Crippen LogP contribution in [0.1, 0.15) is 37.7 Å². The molecule has 5 nitrogen and oxygen atoms in total. The Morgan fingerprint density at radius 1 is 1.18 bits per heavy atom. The highest BCUT2D eigenvalue weighted by molar-refractivity contribution is 7.93. The molecule has 0 saturated carbocycles. The van der Waals surface area contributed by atoms with Gasteiger partial charge in [-0.25, -0.2) is 8.42 Å². The largest absolute Gasteiger partial charge is 0.326 e. The van der Waals surface area contributed by atoms with Gasteiger partial charge >= 0.3 is 0 Å². The second kappa shape index (κ2) is 7.64. The molecule has 0 saturated heterocycles. The van der Waals surface area contributed by atoms with Gasteiger partial charge in [-0.3, -0.25) is 9.78 Å². The van der Waals surface area contributed by atoms with E-state index in [1.54, 1.807) is 12.3 Å². The van der Waals surface area contributed by atoms with Gasteiger partial charge < -0.3 is 4.98 Å². The van der Waals surface area contributed by atoms with Crippen LogP contribution in [0.15, 0.2) is 51.6 Å². The molecule has 0 fully saturated rings. The van der Waals surface area contributed by atoms with Crippen LogP contribution < -0.4 is 5.56 Å². The van der Waals surface area contributed by atoms with Gasteiger partial charge in [0.1, 0.15) is 4.21 Å². The van der Waals surface area contributed by atoms with Gasteiger partial charge in [0.05, 0.1) is 5.75 Å². The molecule has 3 heterocycles. The molecular weight excluding hydrogens is 392 g/mol. The summed E-state index contributed by atoms with van der Waals surface area (Å²) in [6.45, 7) is 7.53. The fourth-order valence-electron chi connectivity index (χ4n) is 3.20. The molecular formula is C21H24N2O3S2. The highest BCUT2D eigenvalue weighted by Crippen LogP contribution is 2.35. The fourth-order valence-corrected chi connectivity index (χ4v) is 6.48. The van der Waals surface area contributed by atoms with Crippen LogP contribution >= 0.6 is 11.3 Å². The summed E-state index contributed by atoms with van der Waals surface area (Å²) in [5.41, 5.74) is 2.35. The molecule has 0 spiro atoms. The van der Waals surface area contributed by atoms with Gasteiger partial charge in [-0.15, -0.1) is 11.3 Å². The fraction of sp³-hybridized carbons (Fsp3) is 0.333. The van der Waals surface area contributed by atoms with Crippen molar-refractivity contribution in [2.75, 3.05) is 5.75 Å². The first-order chi connectivity index (χ1) is 13.1. The lowest BCUT2D eigenvalue weighted by atomic mass is 9.91. The van der Waals surface area contributed by atoms with E-state index in [1.165, 1.54) is 11.3 Å². The quantitative estimate of drug-likeness (QED) is 0.655. The van der Waals surface area contributed by atoms with E-state index in [-0.39, 0.29) is 11.3 Å². The maximum Gasteiger partial charge on any atom is 0.251 e. The first kappa shape index (κ1) is 20.5. The van der Waals surface area contributed by atoms with E-state index in [2.05, 4.69) is 9.97 Å². The van der Waals surface area contributed by atoms with E-state index in [1.807, 2.05) is 58.0 Å². The van der Waals surface area contributed by atoms with Gasteiger partial charge in [0.25, 0.3) is 5.56 Å². The zero-order valence-electron chi connectivity index (χ0n) is 16.4. The van der Waals surface area contributed by atoms with E-state index >= 15 is 0 Å². The zero-order chi connectivity index (χ0) is 20.5. The minimum atomic E-state index is -3.48. The molecule has 0 amide bonds. The van der Waals surface area contributed by atoms with Crippen LogP contribution in [0.4, 0.5) is 0 Å². The molecule has 3 aromatic heterocycles. The molecule has 0 aliphatic heterocycles. The second-order valence-electron chi connectivity index (χ2n) is 7.49. The number of rotatable bonds is 6. The molecule has 0 aliphatic rings. The Morgan fingerprint density at radius 3 is 2.57 bits per heavy atom. The molecule has 0 aliphatic carbocycles. The number of aromatic amines is 1. The Hall–Kier alpha value is -2.25. The number of nitrogens with one attached hydrogen (secondary N) is 1. The van der Waals surface area contributed by atoms with E-state index in [0.717, 1.165) is 21.8 Å². The summed E-state index contributed by atoms with van der Waals surface area (Å²) in [6, 6.07) is 10.9. The Bertz CT molecular complexity index is 1140. The van der Waals surface area contributed by atoms with E-state index in [9.17, 15) is 13.2 Å². The summed E-state index contributed by atoms with van der Waals surface area (Å²) in [6.07, 6.45) is 2.30. The van der Waals surface area contributed by atoms with Crippen LogP contribution in [0.25, 0.3) is 10.4 Å². The summed E-state index contributed by atoms with van der Waals surface area (Å²) in [4.78, 5) is 20.0. The Kier molecular flexibility index (Phi) is 5.59. The summed E-state index contributed by atoms with van der Waals surface area (Å²) < 4.78 is 26.4. The molecule has 3 aromatic rings. The summed E-state index contributed by atoms with van der Waals surface area (Å²) in [5, 5.41) is 0. The highest BCUT2D eigenvalue weighted by atomic mass is 32.2. The van der Waals surface area contributed by atoms with Gasteiger partial charge in [0, 0.05) is 39.0 Å². The molecule has 0 aromatic carbocycles. The van der Waals surface area contributed by atoms with Crippen LogP contribution in [0.5, 0.6) is 0 Å². The average Bonchev–Trinajstić information content (AvgIpc) is 3.13. The van der Waals surface area contributed by atoms with Crippen LogP contribution in [-0.2, 0) is 21.7 Å². The summed E-state index contributed by atoms with van der Waals surface area (Å²) in [5.74, 6) is -0.0260. The van der Waals surface area contributed by atoms with E-state index in [4.69, 9.17) is 0 Å². The summed E-state index contributed by atoms with van der Waals surface area (Å²) in [7, 11) is -3.48. The van der Waals surface area contributed by atoms with Crippen LogP contribution in [0, 0.1) is 6.92 Å². The predicted octanol–water partition coefficient (Wildman–Crippen LogP) is 4.12. The number of aryl methyl sites for hydroxylation is 2. The topological polar surface area (TPSA) is 79.9 Å². The SMILES string of the molecule is CCc1cc(-c2ccc(S(=O)(=O)CC(C)(C)c3ccccn3)s2)c(C)[nH]c1=O. The zero-order valence-corrected chi connectivity index (χ0v) is 18.1. The number of H-pyrrole nitrogens is 1. The van der Waals surface area contributed by atoms with Gasteiger partial charge in [0.15, 0.2) is 9.84 Å². The third kappa shape index (κ3) is 4.10. The van der Waals surface area contributed by atoms with Crippen molar-refractivity contribution in [2.24, 2.45) is 0 Å². The monoisotopic (exact) mass is 416 g/mol. The first-order valence-corrected chi connectivity index (χ1v) is 11.6. The van der Waals surface area contributed by atoms with Crippen molar-refractivity contribution >= 4 is 21.2 Å². The Balaban J connectivity index is 1.94. The minimum Gasteiger partial charge on any atom is -0.326 e. The molecule has 7 heteroatoms. The van der Waals surface area contributed by atoms with E-state index < -0.39 is 15.3 Å². The molecule has 0 unspecified atom stereocenters. The lowest BCUT2D eigenvalue weighted by Crippen LogP contribution is -2.29. The normalized spacial score (nSPS) is 12.3. The van der Waals surface area contributed by atoms with Crippen LogP contribution in [0.2, 0.25) is 0 Å². The van der Waals surface area contributed by atoms with Crippen molar-refractivity contribution in [3.8, 4) is 10.4 Å². The molecule has 0 bridgehead atoms. The van der Waals surface area contributed by atoms with Gasteiger partial charge in [-0.2, -0.15) is 0 Å². The van der Waals surface area contributed by atoms with Crippen LogP contribution in [0.3, 0.4) is 0 Å². The third-order valence-corrected chi connectivity index (χ3v) is 8.53. The number of sulfone groups is 1. The number of hydrogen-bond donors (Lipinski definition) is 1. The Morgan fingerprint density at radius 2 is 1.93 bits per heavy atom. The molecule has 0 radical (unpaired) electrons. The number of pyridine rings is 2. The third-order valence-electron chi connectivity index (χ3n) is 4.76. The number of thiophene rings is 1. The number of hydrogen-bond acceptors (Lipinski definition) is 5. The minimum absolute atomic E-state index is 0.0260. The lowest BCUT2D eigenvalue weighted by molar-refractivity contribution is 0.538. The Labute approximate surface area is 169 Å². The molecule has 0 atom stereocenters. The van der Waals surface area contributed by atoms with Crippen molar-refractivity contribution in [3.63, 3.8) is 0 Å². The first-order valence-electron chi connectivity index (χ1n) is 9.11. The van der Waals surface area contributed by atoms with Crippen molar-refractivity contribution in [1.82, 2.24) is 9.97 Å². The molecule has 3 rings (SSSR count). The maximum absolute atomic E-state index is 13.1. The van der Waals surface area contributed by atoms with Crippen molar-refractivity contribution < 1.29 is 8.42 Å². The highest BCUT2D eigenvalue weighted by Gasteiger charge is 2.31. The maximum atomic E-state index is 13.1. The summed E-state index contributed by atoms with van der Waals surface area (Å²) >= 11 is 1.24. The van der Waals surface area contributed by atoms with Gasteiger partial charge in [-0.05, 0) is 43.7 Å². The molecule has 148 valence electrons. The van der Waals surface area contributed by atoms with Crippen LogP contribution in [-0.4, -0.2) is 24.1 Å². The standard InChI is InChI=1S/C21H24N2O3S2/c1-5-15-12-16(14(2)23-20(15)24)17-9-10-19(27-17)28(25,26)13-21(3,4)18-8-6-7-11-22-18/h6-12H,5,13H2,1-4H3,(H,23,24). The lowest BCUT2D eigenvalue weighted by Gasteiger charge is -2.23. The molecule has 28 heavy (non-hydrogen) atoms. The van der Waals surface area contributed by atoms with Gasteiger partial charge in [-0.1, -0.05) is 26.8 Å². The van der Waals surface area contributed by atoms with Crippen molar-refractivity contribution in [3.05, 3.63) is 69.9 Å². The number of nitrogens with zero attached hydrogens (tertiary/aromatic N) is 1. The predicted molar refractivity (Wildman–Crippen MR) is 114 cm³/mol. The second-order valence-corrected chi connectivity index (χ2v) is 10.8.